The quantitative estimate of drug-likeness (QED) is 0.155. The first-order chi connectivity index (χ1) is 31.8. The summed E-state index contributed by atoms with van der Waals surface area (Å²) < 4.78 is 2.57. The Morgan fingerprint density at radius 1 is 0.281 bits per heavy atom. The third kappa shape index (κ3) is 5.00. The molecule has 2 heteroatoms. The Labute approximate surface area is 377 Å². The maximum absolute atomic E-state index is 2.53. The molecule has 11 aromatic rings. The van der Waals surface area contributed by atoms with E-state index in [1.165, 1.54) is 92.6 Å². The predicted molar refractivity (Wildman–Crippen MR) is 269 cm³/mol. The molecule has 2 aliphatic rings. The van der Waals surface area contributed by atoms with Crippen LogP contribution in [0.2, 0.25) is 0 Å². The van der Waals surface area contributed by atoms with Crippen molar-refractivity contribution in [2.75, 3.05) is 4.90 Å². The molecule has 0 aliphatic heterocycles. The van der Waals surface area contributed by atoms with Crippen LogP contribution in [0.5, 0.6) is 0 Å². The summed E-state index contributed by atoms with van der Waals surface area (Å²) >= 11 is 1.93. The first-order valence-corrected chi connectivity index (χ1v) is 23.0. The highest BCUT2D eigenvalue weighted by atomic mass is 32.1. The summed E-state index contributed by atoms with van der Waals surface area (Å²) in [5, 5.41) is 2.54. The molecule has 2 aliphatic carbocycles. The molecule has 10 aromatic carbocycles. The van der Waals surface area contributed by atoms with Gasteiger partial charge in [-0.25, -0.2) is 0 Å². The number of para-hydroxylation sites is 1. The highest BCUT2D eigenvalue weighted by Crippen LogP contribution is 2.61. The van der Waals surface area contributed by atoms with Gasteiger partial charge < -0.3 is 4.90 Å². The van der Waals surface area contributed by atoms with Gasteiger partial charge in [-0.1, -0.05) is 224 Å². The van der Waals surface area contributed by atoms with Gasteiger partial charge in [0.1, 0.15) is 0 Å². The zero-order chi connectivity index (χ0) is 42.2. The van der Waals surface area contributed by atoms with Crippen LogP contribution in [0.25, 0.3) is 42.4 Å². The summed E-state index contributed by atoms with van der Waals surface area (Å²) in [6.45, 7) is 0. The van der Waals surface area contributed by atoms with Crippen molar-refractivity contribution in [2.24, 2.45) is 0 Å². The minimum Gasteiger partial charge on any atom is -0.308 e. The van der Waals surface area contributed by atoms with Gasteiger partial charge in [-0.05, 0) is 85.5 Å². The third-order valence-electron chi connectivity index (χ3n) is 14.0. The summed E-state index contributed by atoms with van der Waals surface area (Å²) in [6.07, 6.45) is 0. The lowest BCUT2D eigenvalue weighted by molar-refractivity contribution is 0.768. The molecule has 300 valence electrons. The van der Waals surface area contributed by atoms with Crippen molar-refractivity contribution >= 4 is 48.6 Å². The lowest BCUT2D eigenvalue weighted by Crippen LogP contribution is -2.28. The molecule has 0 amide bonds. The molecule has 0 unspecified atom stereocenters. The average molecular weight is 832 g/mol. The molecule has 0 radical (unpaired) electrons. The van der Waals surface area contributed by atoms with Gasteiger partial charge in [0.2, 0.25) is 0 Å². The molecular formula is C62H41NS. The fourth-order valence-corrected chi connectivity index (χ4v) is 13.0. The van der Waals surface area contributed by atoms with E-state index in [-0.39, 0.29) is 0 Å². The van der Waals surface area contributed by atoms with Crippen LogP contribution in [0.1, 0.15) is 44.5 Å². The van der Waals surface area contributed by atoms with Gasteiger partial charge in [-0.15, -0.1) is 11.3 Å². The third-order valence-corrected chi connectivity index (χ3v) is 15.3. The minimum atomic E-state index is -0.509. The summed E-state index contributed by atoms with van der Waals surface area (Å²) in [5.74, 6) is 0. The summed E-state index contributed by atoms with van der Waals surface area (Å²) in [7, 11) is 0. The highest BCUT2D eigenvalue weighted by Gasteiger charge is 2.49. The van der Waals surface area contributed by atoms with E-state index in [1.807, 2.05) is 11.3 Å². The molecule has 0 fully saturated rings. The molecule has 1 nitrogen and oxygen atoms in total. The molecular weight excluding hydrogens is 791 g/mol. The maximum Gasteiger partial charge on any atom is 0.0727 e. The number of hydrogen-bond acceptors (Lipinski definition) is 2. The number of nitrogens with zero attached hydrogens (tertiary/aromatic N) is 1. The number of anilines is 3. The van der Waals surface area contributed by atoms with Crippen LogP contribution < -0.4 is 4.90 Å². The second-order valence-corrected chi connectivity index (χ2v) is 18.1. The Kier molecular flexibility index (Phi) is 8.28. The van der Waals surface area contributed by atoms with Crippen molar-refractivity contribution in [3.8, 4) is 22.3 Å². The number of benzene rings is 10. The van der Waals surface area contributed by atoms with Gasteiger partial charge in [0.25, 0.3) is 0 Å². The smallest absolute Gasteiger partial charge is 0.0727 e. The first-order valence-electron chi connectivity index (χ1n) is 22.2. The molecule has 1 heterocycles. The van der Waals surface area contributed by atoms with E-state index in [0.29, 0.717) is 0 Å². The van der Waals surface area contributed by atoms with Crippen LogP contribution in [-0.4, -0.2) is 0 Å². The van der Waals surface area contributed by atoms with Gasteiger partial charge in [0.05, 0.1) is 26.9 Å². The van der Waals surface area contributed by atoms with Crippen molar-refractivity contribution in [3.05, 3.63) is 293 Å². The fraction of sp³-hybridized carbons (Fsp3) is 0.0323. The topological polar surface area (TPSA) is 3.24 Å². The zero-order valence-corrected chi connectivity index (χ0v) is 35.8. The number of fused-ring (bicyclic) bond motifs is 9. The summed E-state index contributed by atoms with van der Waals surface area (Å²) in [6, 6.07) is 92.5. The summed E-state index contributed by atoms with van der Waals surface area (Å²) in [5.41, 5.74) is 17.9. The van der Waals surface area contributed by atoms with Crippen LogP contribution >= 0.6 is 11.3 Å². The maximum atomic E-state index is 2.53. The predicted octanol–water partition coefficient (Wildman–Crippen LogP) is 16.3. The monoisotopic (exact) mass is 831 g/mol. The Hall–Kier alpha value is -7.78. The molecule has 64 heavy (non-hydrogen) atoms. The number of thiophene rings is 1. The van der Waals surface area contributed by atoms with E-state index in [1.54, 1.807) is 0 Å². The average Bonchev–Trinajstić information content (AvgIpc) is 4.01. The lowest BCUT2D eigenvalue weighted by Gasteiger charge is -2.34. The van der Waals surface area contributed by atoms with Gasteiger partial charge >= 0.3 is 0 Å². The standard InChI is InChI=1S/C62H41NS/c1-5-22-42(23-6-1)61(43-24-7-2-8-25-43)53-37-18-15-32-50(53)58-54(61)38-21-40-56(58)63(45-28-11-4-12-29-45)57-41-20-34-49-48-33-19-39-55(59(48)64-60(49)57)62(44-26-9-3-10-27-44)51-35-16-13-30-46(51)47-31-14-17-36-52(47)62/h1-41H. The Morgan fingerprint density at radius 2 is 0.688 bits per heavy atom. The van der Waals surface area contributed by atoms with E-state index in [0.717, 1.165) is 11.4 Å². The van der Waals surface area contributed by atoms with Crippen LogP contribution in [0.3, 0.4) is 0 Å². The highest BCUT2D eigenvalue weighted by molar-refractivity contribution is 7.26. The molecule has 0 saturated heterocycles. The van der Waals surface area contributed by atoms with Crippen LogP contribution in [0.15, 0.2) is 249 Å². The second-order valence-electron chi connectivity index (χ2n) is 17.0. The molecule has 0 spiro atoms. The first kappa shape index (κ1) is 36.8. The minimum absolute atomic E-state index is 0.504. The molecule has 0 N–H and O–H groups in total. The Morgan fingerprint density at radius 3 is 1.28 bits per heavy atom. The number of hydrogen-bond donors (Lipinski definition) is 0. The van der Waals surface area contributed by atoms with E-state index >= 15 is 0 Å². The van der Waals surface area contributed by atoms with Crippen molar-refractivity contribution in [2.45, 2.75) is 10.8 Å². The fourth-order valence-electron chi connectivity index (χ4n) is 11.6. The molecule has 0 saturated carbocycles. The van der Waals surface area contributed by atoms with Crippen molar-refractivity contribution in [1.82, 2.24) is 0 Å². The molecule has 1 aromatic heterocycles. The van der Waals surface area contributed by atoms with Gasteiger partial charge in [0, 0.05) is 26.7 Å². The molecule has 13 rings (SSSR count). The van der Waals surface area contributed by atoms with E-state index < -0.39 is 10.8 Å². The van der Waals surface area contributed by atoms with Crippen LogP contribution in [-0.2, 0) is 10.8 Å². The SMILES string of the molecule is c1ccc(N(c2cccc3c2-c2ccccc2C3(c2ccccc2)c2ccccc2)c2cccc3c2sc2c(C4(c5ccccc5)c5ccccc5-c5ccccc54)cccc23)cc1. The molecule has 0 bridgehead atoms. The Balaban J connectivity index is 1.11. The largest absolute Gasteiger partial charge is 0.308 e. The van der Waals surface area contributed by atoms with Gasteiger partial charge in [0.15, 0.2) is 0 Å². The van der Waals surface area contributed by atoms with E-state index in [9.17, 15) is 0 Å². The molecule has 0 atom stereocenters. The van der Waals surface area contributed by atoms with Crippen LogP contribution in [0.4, 0.5) is 17.1 Å². The Bertz CT molecular complexity index is 3470. The summed E-state index contributed by atoms with van der Waals surface area (Å²) in [4.78, 5) is 2.53. The normalized spacial score (nSPS) is 13.9. The van der Waals surface area contributed by atoms with E-state index in [2.05, 4.69) is 254 Å². The zero-order valence-electron chi connectivity index (χ0n) is 35.0. The number of rotatable bonds is 7. The van der Waals surface area contributed by atoms with Crippen molar-refractivity contribution < 1.29 is 0 Å². The van der Waals surface area contributed by atoms with Crippen molar-refractivity contribution in [3.63, 3.8) is 0 Å². The van der Waals surface area contributed by atoms with Crippen molar-refractivity contribution in [1.29, 1.82) is 0 Å². The second kappa shape index (κ2) is 14.4. The lowest BCUT2D eigenvalue weighted by atomic mass is 9.67. The van der Waals surface area contributed by atoms with Gasteiger partial charge in [-0.2, -0.15) is 0 Å². The van der Waals surface area contributed by atoms with Gasteiger partial charge in [-0.3, -0.25) is 0 Å². The van der Waals surface area contributed by atoms with E-state index in [4.69, 9.17) is 0 Å². The van der Waals surface area contributed by atoms with Crippen LogP contribution in [0, 0.1) is 0 Å².